The van der Waals surface area contributed by atoms with Gasteiger partial charge in [-0.2, -0.15) is 16.8 Å². The summed E-state index contributed by atoms with van der Waals surface area (Å²) in [5.74, 6) is 0.479. The summed E-state index contributed by atoms with van der Waals surface area (Å²) in [7, 11) is -8.72. The number of thiophene rings is 1. The van der Waals surface area contributed by atoms with Gasteiger partial charge in [-0.3, -0.25) is 9.11 Å². The second kappa shape index (κ2) is 6.70. The largest absolute Gasteiger partial charge is 0.435 e. The molecule has 0 aliphatic heterocycles. The molecule has 31 heavy (non-hydrogen) atoms. The van der Waals surface area contributed by atoms with Crippen LogP contribution in [0.25, 0.3) is 43.7 Å². The second-order valence-electron chi connectivity index (χ2n) is 6.41. The Labute approximate surface area is 178 Å². The van der Waals surface area contributed by atoms with Crippen LogP contribution in [-0.2, 0) is 20.2 Å². The van der Waals surface area contributed by atoms with Gasteiger partial charge in [0.15, 0.2) is 11.2 Å². The Morgan fingerprint density at radius 3 is 1.48 bits per heavy atom. The average molecular weight is 478 g/mol. The molecule has 0 radical (unpaired) electrons. The fraction of sp³-hybridized carbons (Fsp3) is 0. The SMILES string of the molecule is O=S(=O)(O)c1ccc2oc(-c3ccc(-c4nc5cc(S(=O)(=O)O)ccc5o4)s3)nc2c1. The molecule has 0 amide bonds. The van der Waals surface area contributed by atoms with Crippen LogP contribution >= 0.6 is 11.3 Å². The predicted molar refractivity (Wildman–Crippen MR) is 110 cm³/mol. The minimum absolute atomic E-state index is 0.239. The van der Waals surface area contributed by atoms with Gasteiger partial charge in [-0.1, -0.05) is 0 Å². The summed E-state index contributed by atoms with van der Waals surface area (Å²) in [5, 5.41) is 0. The van der Waals surface area contributed by atoms with E-state index in [1.54, 1.807) is 12.1 Å². The maximum absolute atomic E-state index is 11.3. The van der Waals surface area contributed by atoms with E-state index in [9.17, 15) is 25.9 Å². The zero-order chi connectivity index (χ0) is 22.0. The van der Waals surface area contributed by atoms with Gasteiger partial charge in [0.2, 0.25) is 11.8 Å². The lowest BCUT2D eigenvalue weighted by atomic mass is 10.3. The maximum Gasteiger partial charge on any atom is 0.294 e. The van der Waals surface area contributed by atoms with Crippen molar-refractivity contribution < 1.29 is 34.8 Å². The van der Waals surface area contributed by atoms with E-state index in [4.69, 9.17) is 8.83 Å². The number of oxazole rings is 2. The van der Waals surface area contributed by atoms with Gasteiger partial charge in [0.25, 0.3) is 20.2 Å². The van der Waals surface area contributed by atoms with Crippen LogP contribution in [0.4, 0.5) is 0 Å². The Bertz CT molecular complexity index is 1570. The quantitative estimate of drug-likeness (QED) is 0.363. The lowest BCUT2D eigenvalue weighted by Gasteiger charge is -1.94. The van der Waals surface area contributed by atoms with E-state index in [0.29, 0.717) is 20.9 Å². The van der Waals surface area contributed by atoms with Crippen molar-refractivity contribution in [2.24, 2.45) is 0 Å². The summed E-state index contributed by atoms with van der Waals surface area (Å²) in [5.41, 5.74) is 1.22. The molecular weight excluding hydrogens is 468 g/mol. The molecule has 0 atom stereocenters. The van der Waals surface area contributed by atoms with Crippen molar-refractivity contribution in [3.63, 3.8) is 0 Å². The molecule has 3 aromatic heterocycles. The molecule has 13 heteroatoms. The van der Waals surface area contributed by atoms with Crippen LogP contribution < -0.4 is 0 Å². The summed E-state index contributed by atoms with van der Waals surface area (Å²) in [6.45, 7) is 0. The number of rotatable bonds is 4. The fourth-order valence-electron chi connectivity index (χ4n) is 2.91. The first-order valence-corrected chi connectivity index (χ1v) is 12.1. The minimum atomic E-state index is -4.36. The molecule has 0 saturated carbocycles. The summed E-state index contributed by atoms with van der Waals surface area (Å²) in [6, 6.07) is 11.1. The molecule has 2 N–H and O–H groups in total. The van der Waals surface area contributed by atoms with Gasteiger partial charge >= 0.3 is 0 Å². The van der Waals surface area contributed by atoms with Crippen LogP contribution in [0.1, 0.15) is 0 Å². The van der Waals surface area contributed by atoms with Crippen molar-refractivity contribution in [2.75, 3.05) is 0 Å². The highest BCUT2D eigenvalue weighted by molar-refractivity contribution is 7.86. The number of aromatic nitrogens is 2. The zero-order valence-corrected chi connectivity index (χ0v) is 17.5. The van der Waals surface area contributed by atoms with Crippen molar-refractivity contribution in [1.29, 1.82) is 0 Å². The van der Waals surface area contributed by atoms with E-state index in [1.807, 2.05) is 0 Å². The second-order valence-corrected chi connectivity index (χ2v) is 10.3. The van der Waals surface area contributed by atoms with Crippen LogP contribution in [-0.4, -0.2) is 35.9 Å². The predicted octanol–water partition coefficient (Wildman–Crippen LogP) is 3.86. The Morgan fingerprint density at radius 1 is 0.677 bits per heavy atom. The van der Waals surface area contributed by atoms with Crippen molar-refractivity contribution in [2.45, 2.75) is 9.79 Å². The van der Waals surface area contributed by atoms with E-state index in [1.165, 1.54) is 47.7 Å². The monoisotopic (exact) mass is 478 g/mol. The van der Waals surface area contributed by atoms with Gasteiger partial charge in [0.05, 0.1) is 19.5 Å². The maximum atomic E-state index is 11.3. The number of fused-ring (bicyclic) bond motifs is 2. The van der Waals surface area contributed by atoms with Crippen LogP contribution in [0.3, 0.4) is 0 Å². The summed E-state index contributed by atoms with van der Waals surface area (Å²) >= 11 is 1.24. The molecule has 10 nitrogen and oxygen atoms in total. The highest BCUT2D eigenvalue weighted by atomic mass is 32.2. The lowest BCUT2D eigenvalue weighted by molar-refractivity contribution is 0.481. The van der Waals surface area contributed by atoms with E-state index in [2.05, 4.69) is 9.97 Å². The van der Waals surface area contributed by atoms with Crippen LogP contribution in [0.2, 0.25) is 0 Å². The lowest BCUT2D eigenvalue weighted by Crippen LogP contribution is -1.97. The minimum Gasteiger partial charge on any atom is -0.435 e. The fourth-order valence-corrected chi connectivity index (χ4v) is 4.77. The highest BCUT2D eigenvalue weighted by Crippen LogP contribution is 2.36. The van der Waals surface area contributed by atoms with E-state index < -0.39 is 20.2 Å². The summed E-state index contributed by atoms with van der Waals surface area (Å²) < 4.78 is 74.9. The van der Waals surface area contributed by atoms with Crippen molar-refractivity contribution in [3.8, 4) is 21.5 Å². The molecule has 0 unspecified atom stereocenters. The van der Waals surface area contributed by atoms with E-state index in [0.717, 1.165) is 0 Å². The molecule has 0 fully saturated rings. The number of benzene rings is 2. The molecule has 5 aromatic rings. The summed E-state index contributed by atoms with van der Waals surface area (Å²) in [6.07, 6.45) is 0. The van der Waals surface area contributed by atoms with Crippen molar-refractivity contribution >= 4 is 53.8 Å². The molecule has 0 aliphatic carbocycles. The van der Waals surface area contributed by atoms with Gasteiger partial charge in [0, 0.05) is 0 Å². The van der Waals surface area contributed by atoms with E-state index >= 15 is 0 Å². The average Bonchev–Trinajstić information content (AvgIpc) is 3.41. The van der Waals surface area contributed by atoms with E-state index in [-0.39, 0.29) is 32.6 Å². The Hall–Kier alpha value is -3.10. The van der Waals surface area contributed by atoms with Gasteiger partial charge in [-0.25, -0.2) is 9.97 Å². The van der Waals surface area contributed by atoms with Crippen LogP contribution in [0, 0.1) is 0 Å². The molecule has 2 aromatic carbocycles. The van der Waals surface area contributed by atoms with Gasteiger partial charge in [-0.05, 0) is 48.5 Å². The van der Waals surface area contributed by atoms with Crippen LogP contribution in [0.15, 0.2) is 67.2 Å². The van der Waals surface area contributed by atoms with Gasteiger partial charge in [0.1, 0.15) is 11.0 Å². The Morgan fingerprint density at radius 2 is 1.10 bits per heavy atom. The normalized spacial score (nSPS) is 12.7. The Balaban J connectivity index is 1.52. The van der Waals surface area contributed by atoms with Crippen molar-refractivity contribution in [1.82, 2.24) is 9.97 Å². The van der Waals surface area contributed by atoms with Gasteiger partial charge in [-0.15, -0.1) is 11.3 Å². The third-order valence-corrected chi connectivity index (χ3v) is 7.10. The van der Waals surface area contributed by atoms with Crippen molar-refractivity contribution in [3.05, 3.63) is 48.5 Å². The molecule has 0 bridgehead atoms. The number of hydrogen-bond acceptors (Lipinski definition) is 9. The molecule has 0 saturated heterocycles. The topological polar surface area (TPSA) is 161 Å². The first-order valence-electron chi connectivity index (χ1n) is 8.45. The summed E-state index contributed by atoms with van der Waals surface area (Å²) in [4.78, 5) is 9.18. The first-order chi connectivity index (χ1) is 14.6. The molecule has 3 heterocycles. The Kier molecular flexibility index (Phi) is 4.29. The standard InChI is InChI=1S/C18H10N2O8S3/c21-30(22,23)9-1-3-13-11(7-9)19-17(27-13)15-5-6-16(29-15)18-20-12-8-10(31(24,25)26)2-4-14(12)28-18/h1-8H,(H,21,22,23)(H,24,25,26). The molecule has 5 rings (SSSR count). The molecule has 158 valence electrons. The first kappa shape index (κ1) is 19.8. The number of hydrogen-bond donors (Lipinski definition) is 2. The number of nitrogens with zero attached hydrogens (tertiary/aromatic N) is 2. The molecule has 0 aliphatic rings. The molecular formula is C18H10N2O8S3. The van der Waals surface area contributed by atoms with Gasteiger partial charge < -0.3 is 8.83 Å². The van der Waals surface area contributed by atoms with Crippen LogP contribution in [0.5, 0.6) is 0 Å². The zero-order valence-electron chi connectivity index (χ0n) is 15.1. The third kappa shape index (κ3) is 3.62. The highest BCUT2D eigenvalue weighted by Gasteiger charge is 2.18. The third-order valence-electron chi connectivity index (χ3n) is 4.34. The molecule has 0 spiro atoms. The smallest absolute Gasteiger partial charge is 0.294 e.